The minimum Gasteiger partial charge on any atom is -0.324 e. The van der Waals surface area contributed by atoms with Crippen LogP contribution in [0.1, 0.15) is 24.4 Å². The lowest BCUT2D eigenvalue weighted by Crippen LogP contribution is -2.12. The summed E-state index contributed by atoms with van der Waals surface area (Å²) < 4.78 is 2.03. The van der Waals surface area contributed by atoms with E-state index in [2.05, 4.69) is 17.2 Å². The van der Waals surface area contributed by atoms with E-state index in [4.69, 9.17) is 5.73 Å². The summed E-state index contributed by atoms with van der Waals surface area (Å²) in [5.74, 6) is 0.705. The van der Waals surface area contributed by atoms with Gasteiger partial charge in [0.1, 0.15) is 5.65 Å². The largest absolute Gasteiger partial charge is 0.324 e. The van der Waals surface area contributed by atoms with Crippen molar-refractivity contribution in [3.8, 4) is 0 Å². The first kappa shape index (κ1) is 8.00. The van der Waals surface area contributed by atoms with Gasteiger partial charge in [0.05, 0.1) is 0 Å². The summed E-state index contributed by atoms with van der Waals surface area (Å²) in [7, 11) is 0. The van der Waals surface area contributed by atoms with Gasteiger partial charge in [-0.3, -0.25) is 0 Å². The Kier molecular flexibility index (Phi) is 1.61. The molecule has 3 rings (SSSR count). The van der Waals surface area contributed by atoms with Crippen molar-refractivity contribution in [2.45, 2.75) is 18.9 Å². The number of aromatic nitrogens is 2. The molecule has 1 unspecified atom stereocenters. The smallest absolute Gasteiger partial charge is 0.136 e. The van der Waals surface area contributed by atoms with Crippen LogP contribution in [0, 0.1) is 5.92 Å². The summed E-state index contributed by atoms with van der Waals surface area (Å²) in [6.07, 6.45) is 8.41. The van der Waals surface area contributed by atoms with Gasteiger partial charge in [0.25, 0.3) is 0 Å². The first-order valence-electron chi connectivity index (χ1n) is 5.03. The molecule has 1 aliphatic rings. The second-order valence-electron chi connectivity index (χ2n) is 4.02. The molecule has 3 nitrogen and oxygen atoms in total. The predicted molar refractivity (Wildman–Crippen MR) is 54.8 cm³/mol. The quantitative estimate of drug-likeness (QED) is 0.778. The van der Waals surface area contributed by atoms with Crippen molar-refractivity contribution in [3.05, 3.63) is 36.3 Å². The standard InChI is InChI=1S/C11H13N3/c12-11(8-1-2-8)9-3-4-10-13-5-6-14(10)7-9/h3-8,11H,1-2,12H2. The third-order valence-corrected chi connectivity index (χ3v) is 2.93. The molecule has 2 N–H and O–H groups in total. The molecule has 1 atom stereocenters. The zero-order valence-corrected chi connectivity index (χ0v) is 7.93. The van der Waals surface area contributed by atoms with Crippen LogP contribution in [-0.2, 0) is 0 Å². The number of imidazole rings is 1. The van der Waals surface area contributed by atoms with Crippen LogP contribution < -0.4 is 5.73 Å². The maximum Gasteiger partial charge on any atom is 0.136 e. The molecule has 2 aromatic rings. The number of fused-ring (bicyclic) bond motifs is 1. The number of rotatable bonds is 2. The maximum absolute atomic E-state index is 6.13. The van der Waals surface area contributed by atoms with Gasteiger partial charge in [-0.05, 0) is 30.4 Å². The second kappa shape index (κ2) is 2.82. The number of hydrogen-bond donors (Lipinski definition) is 1. The number of nitrogens with two attached hydrogens (primary N) is 1. The van der Waals surface area contributed by atoms with Crippen LogP contribution in [0.15, 0.2) is 30.7 Å². The summed E-state index contributed by atoms with van der Waals surface area (Å²) in [4.78, 5) is 4.20. The molecule has 0 amide bonds. The average Bonchev–Trinajstić information content (AvgIpc) is 2.95. The van der Waals surface area contributed by atoms with Gasteiger partial charge in [0.15, 0.2) is 0 Å². The molecular weight excluding hydrogens is 174 g/mol. The number of pyridine rings is 1. The van der Waals surface area contributed by atoms with E-state index in [1.165, 1.54) is 18.4 Å². The third kappa shape index (κ3) is 1.21. The van der Waals surface area contributed by atoms with Crippen LogP contribution in [0.3, 0.4) is 0 Å². The Hall–Kier alpha value is -1.35. The van der Waals surface area contributed by atoms with E-state index >= 15 is 0 Å². The highest BCUT2D eigenvalue weighted by molar-refractivity contribution is 5.40. The monoisotopic (exact) mass is 187 g/mol. The first-order chi connectivity index (χ1) is 6.84. The van der Waals surface area contributed by atoms with E-state index in [9.17, 15) is 0 Å². The predicted octanol–water partition coefficient (Wildman–Crippen LogP) is 1.74. The zero-order chi connectivity index (χ0) is 9.54. The molecule has 0 aliphatic heterocycles. The van der Waals surface area contributed by atoms with E-state index in [0.29, 0.717) is 5.92 Å². The van der Waals surface area contributed by atoms with Gasteiger partial charge in [-0.15, -0.1) is 0 Å². The molecular formula is C11H13N3. The maximum atomic E-state index is 6.13. The number of hydrogen-bond acceptors (Lipinski definition) is 2. The Morgan fingerprint density at radius 1 is 1.43 bits per heavy atom. The summed E-state index contributed by atoms with van der Waals surface area (Å²) in [6.45, 7) is 0. The van der Waals surface area contributed by atoms with E-state index in [1.54, 1.807) is 0 Å². The van der Waals surface area contributed by atoms with E-state index < -0.39 is 0 Å². The van der Waals surface area contributed by atoms with Crippen LogP contribution in [0.4, 0.5) is 0 Å². The minimum atomic E-state index is 0.210. The second-order valence-corrected chi connectivity index (χ2v) is 4.02. The Bertz CT molecular complexity index is 456. The highest BCUT2D eigenvalue weighted by Crippen LogP contribution is 2.39. The molecule has 0 aromatic carbocycles. The van der Waals surface area contributed by atoms with Crippen molar-refractivity contribution in [3.63, 3.8) is 0 Å². The lowest BCUT2D eigenvalue weighted by molar-refractivity contribution is 0.630. The normalized spacial score (nSPS) is 18.6. The van der Waals surface area contributed by atoms with E-state index in [1.807, 2.05) is 22.9 Å². The van der Waals surface area contributed by atoms with Crippen LogP contribution in [-0.4, -0.2) is 9.38 Å². The molecule has 1 saturated carbocycles. The fourth-order valence-electron chi connectivity index (χ4n) is 1.86. The van der Waals surface area contributed by atoms with Crippen LogP contribution in [0.25, 0.3) is 5.65 Å². The van der Waals surface area contributed by atoms with Gasteiger partial charge < -0.3 is 10.1 Å². The fraction of sp³-hybridized carbons (Fsp3) is 0.364. The lowest BCUT2D eigenvalue weighted by Gasteiger charge is -2.10. The van der Waals surface area contributed by atoms with E-state index in [0.717, 1.165) is 5.65 Å². The molecule has 72 valence electrons. The molecule has 0 radical (unpaired) electrons. The Labute approximate surface area is 82.6 Å². The molecule has 1 aliphatic carbocycles. The molecule has 1 fully saturated rings. The van der Waals surface area contributed by atoms with Crippen molar-refractivity contribution >= 4 is 5.65 Å². The van der Waals surface area contributed by atoms with Crippen LogP contribution in [0.2, 0.25) is 0 Å². The van der Waals surface area contributed by atoms with Crippen molar-refractivity contribution < 1.29 is 0 Å². The van der Waals surface area contributed by atoms with E-state index in [-0.39, 0.29) is 6.04 Å². The van der Waals surface area contributed by atoms with Gasteiger partial charge in [0, 0.05) is 24.6 Å². The molecule has 0 spiro atoms. The molecule has 2 aromatic heterocycles. The van der Waals surface area contributed by atoms with Crippen molar-refractivity contribution in [2.24, 2.45) is 11.7 Å². The lowest BCUT2D eigenvalue weighted by atomic mass is 10.1. The van der Waals surface area contributed by atoms with Crippen LogP contribution >= 0.6 is 0 Å². The Morgan fingerprint density at radius 2 is 2.29 bits per heavy atom. The fourth-order valence-corrected chi connectivity index (χ4v) is 1.86. The first-order valence-corrected chi connectivity index (χ1v) is 5.03. The zero-order valence-electron chi connectivity index (χ0n) is 7.93. The summed E-state index contributed by atoms with van der Waals surface area (Å²) in [5, 5.41) is 0. The van der Waals surface area contributed by atoms with Crippen molar-refractivity contribution in [1.82, 2.24) is 9.38 Å². The highest BCUT2D eigenvalue weighted by Gasteiger charge is 2.29. The third-order valence-electron chi connectivity index (χ3n) is 2.93. The average molecular weight is 187 g/mol. The van der Waals surface area contributed by atoms with Crippen LogP contribution in [0.5, 0.6) is 0 Å². The SMILES string of the molecule is NC(c1ccc2nccn2c1)C1CC1. The Balaban J connectivity index is 2.03. The Morgan fingerprint density at radius 3 is 3.07 bits per heavy atom. The van der Waals surface area contributed by atoms with Gasteiger partial charge in [0.2, 0.25) is 0 Å². The molecule has 0 saturated heterocycles. The summed E-state index contributed by atoms with van der Waals surface area (Å²) in [6, 6.07) is 4.32. The summed E-state index contributed by atoms with van der Waals surface area (Å²) >= 11 is 0. The van der Waals surface area contributed by atoms with Gasteiger partial charge in [-0.1, -0.05) is 6.07 Å². The van der Waals surface area contributed by atoms with Gasteiger partial charge >= 0.3 is 0 Å². The molecule has 2 heterocycles. The summed E-state index contributed by atoms with van der Waals surface area (Å²) in [5.41, 5.74) is 8.33. The van der Waals surface area contributed by atoms with Gasteiger partial charge in [-0.25, -0.2) is 4.98 Å². The van der Waals surface area contributed by atoms with Crippen molar-refractivity contribution in [2.75, 3.05) is 0 Å². The molecule has 3 heteroatoms. The number of nitrogens with zero attached hydrogens (tertiary/aromatic N) is 2. The highest BCUT2D eigenvalue weighted by atomic mass is 15.0. The molecule has 0 bridgehead atoms. The topological polar surface area (TPSA) is 43.3 Å². The van der Waals surface area contributed by atoms with Gasteiger partial charge in [-0.2, -0.15) is 0 Å². The minimum absolute atomic E-state index is 0.210. The van der Waals surface area contributed by atoms with Crippen molar-refractivity contribution in [1.29, 1.82) is 0 Å². The molecule has 14 heavy (non-hydrogen) atoms.